The molecular formula is C21H27N3O5S. The van der Waals surface area contributed by atoms with Crippen LogP contribution in [0.25, 0.3) is 10.2 Å². The van der Waals surface area contributed by atoms with Crippen molar-refractivity contribution in [2.24, 2.45) is 5.92 Å². The van der Waals surface area contributed by atoms with E-state index in [0.29, 0.717) is 24.4 Å². The number of likely N-dealkylation sites (tertiary alicyclic amines) is 1. The third-order valence-electron chi connectivity index (χ3n) is 6.13. The molecule has 2 heterocycles. The molecular weight excluding hydrogens is 406 g/mol. The van der Waals surface area contributed by atoms with Gasteiger partial charge in [0.2, 0.25) is 0 Å². The van der Waals surface area contributed by atoms with E-state index in [1.165, 1.54) is 17.4 Å². The highest BCUT2D eigenvalue weighted by Gasteiger charge is 2.36. The van der Waals surface area contributed by atoms with Crippen LogP contribution in [0.5, 0.6) is 5.75 Å². The van der Waals surface area contributed by atoms with Gasteiger partial charge in [0.1, 0.15) is 17.4 Å². The minimum atomic E-state index is -1.01. The highest BCUT2D eigenvalue weighted by molar-refractivity contribution is 7.16. The Balaban J connectivity index is 1.29. The fraction of sp³-hybridized carbons (Fsp3) is 0.571. The average molecular weight is 434 g/mol. The lowest BCUT2D eigenvalue weighted by Gasteiger charge is -2.41. The second-order valence-corrected chi connectivity index (χ2v) is 9.66. The molecule has 0 radical (unpaired) electrons. The number of hydrogen-bond donors (Lipinski definition) is 3. The summed E-state index contributed by atoms with van der Waals surface area (Å²) in [7, 11) is 0. The number of aromatic nitrogens is 1. The molecule has 4 rings (SSSR count). The molecule has 3 N–H and O–H groups in total. The number of carbonyl (C=O) groups is 2. The Bertz CT molecular complexity index is 940. The summed E-state index contributed by atoms with van der Waals surface area (Å²) in [5.74, 6) is -0.290. The number of thiazole rings is 1. The van der Waals surface area contributed by atoms with Crippen LogP contribution >= 0.6 is 11.3 Å². The van der Waals surface area contributed by atoms with Gasteiger partial charge in [-0.1, -0.05) is 0 Å². The van der Waals surface area contributed by atoms with Crippen molar-refractivity contribution >= 4 is 33.6 Å². The lowest BCUT2D eigenvalue weighted by molar-refractivity contribution is -0.00326. The molecule has 8 nitrogen and oxygen atoms in total. The predicted molar refractivity (Wildman–Crippen MR) is 113 cm³/mol. The van der Waals surface area contributed by atoms with Crippen LogP contribution in [-0.2, 0) is 0 Å². The van der Waals surface area contributed by atoms with Crippen LogP contribution in [0.3, 0.4) is 0 Å². The number of amides is 2. The molecule has 2 aromatic rings. The zero-order chi connectivity index (χ0) is 21.5. The molecule has 2 aliphatic rings. The third-order valence-corrected chi connectivity index (χ3v) is 6.91. The van der Waals surface area contributed by atoms with E-state index in [-0.39, 0.29) is 29.7 Å². The van der Waals surface area contributed by atoms with E-state index in [1.54, 1.807) is 16.5 Å². The van der Waals surface area contributed by atoms with E-state index < -0.39 is 11.6 Å². The van der Waals surface area contributed by atoms with Gasteiger partial charge in [0.05, 0.1) is 34.5 Å². The first-order valence-corrected chi connectivity index (χ1v) is 11.1. The average Bonchev–Trinajstić information content (AvgIpc) is 3.12. The number of rotatable bonds is 5. The fourth-order valence-electron chi connectivity index (χ4n) is 4.22. The van der Waals surface area contributed by atoms with Crippen molar-refractivity contribution in [3.05, 3.63) is 23.2 Å². The van der Waals surface area contributed by atoms with Crippen molar-refractivity contribution < 1.29 is 24.5 Å². The Morgan fingerprint density at radius 1 is 1.23 bits per heavy atom. The van der Waals surface area contributed by atoms with Crippen molar-refractivity contribution in [1.29, 1.82) is 0 Å². The van der Waals surface area contributed by atoms with Gasteiger partial charge in [0.15, 0.2) is 0 Å². The van der Waals surface area contributed by atoms with E-state index >= 15 is 0 Å². The van der Waals surface area contributed by atoms with Crippen LogP contribution in [0.4, 0.5) is 4.79 Å². The summed E-state index contributed by atoms with van der Waals surface area (Å²) in [6.45, 7) is 4.60. The molecule has 0 spiro atoms. The standard InChI is InChI=1S/C21H27N3O5S/c1-21(2,28)13-3-5-14(6-4-13)23-20(27)24-9-15(10-24)29-16-7-12(19(25)26)8-17-18(16)22-11-30-17/h7-8,11,13-15,28H,3-6,9-10H2,1-2H3,(H,23,27)(H,25,26)/t13-,14-. The zero-order valence-corrected chi connectivity index (χ0v) is 17.9. The lowest BCUT2D eigenvalue weighted by Crippen LogP contribution is -2.60. The molecule has 30 heavy (non-hydrogen) atoms. The number of ether oxygens (including phenoxy) is 1. The SMILES string of the molecule is CC(C)(O)[C@H]1CC[C@H](NC(=O)N2CC(Oc3cc(C(=O)O)cc4scnc34)C2)CC1. The Morgan fingerprint density at radius 3 is 2.57 bits per heavy atom. The fourth-order valence-corrected chi connectivity index (χ4v) is 4.95. The van der Waals surface area contributed by atoms with E-state index in [2.05, 4.69) is 10.3 Å². The quantitative estimate of drug-likeness (QED) is 0.668. The van der Waals surface area contributed by atoms with E-state index in [0.717, 1.165) is 30.4 Å². The molecule has 1 aliphatic carbocycles. The van der Waals surface area contributed by atoms with Crippen molar-refractivity contribution in [2.75, 3.05) is 13.1 Å². The monoisotopic (exact) mass is 433 g/mol. The van der Waals surface area contributed by atoms with Crippen molar-refractivity contribution in [2.45, 2.75) is 57.3 Å². The number of fused-ring (bicyclic) bond motifs is 1. The molecule has 1 saturated heterocycles. The topological polar surface area (TPSA) is 112 Å². The maximum Gasteiger partial charge on any atom is 0.335 e. The second kappa shape index (κ2) is 8.03. The number of aliphatic hydroxyl groups is 1. The van der Waals surface area contributed by atoms with E-state index in [1.807, 2.05) is 13.8 Å². The zero-order valence-electron chi connectivity index (χ0n) is 17.1. The summed E-state index contributed by atoms with van der Waals surface area (Å²) in [4.78, 5) is 29.8. The third kappa shape index (κ3) is 4.37. The minimum absolute atomic E-state index is 0.0975. The number of carbonyl (C=O) groups excluding carboxylic acids is 1. The number of carboxylic acid groups (broad SMARTS) is 1. The molecule has 1 saturated carbocycles. The predicted octanol–water partition coefficient (Wildman–Crippen LogP) is 3.10. The number of hydrogen-bond acceptors (Lipinski definition) is 6. The van der Waals surface area contributed by atoms with Crippen LogP contribution in [0.2, 0.25) is 0 Å². The summed E-state index contributed by atoms with van der Waals surface area (Å²) < 4.78 is 6.73. The summed E-state index contributed by atoms with van der Waals surface area (Å²) in [6, 6.07) is 3.13. The molecule has 0 atom stereocenters. The molecule has 1 aliphatic heterocycles. The maximum atomic E-state index is 12.5. The highest BCUT2D eigenvalue weighted by Crippen LogP contribution is 2.33. The number of nitrogens with one attached hydrogen (secondary N) is 1. The van der Waals surface area contributed by atoms with Gasteiger partial charge in [-0.3, -0.25) is 0 Å². The summed E-state index contributed by atoms with van der Waals surface area (Å²) in [6.07, 6.45) is 3.37. The first kappa shape index (κ1) is 20.9. The van der Waals surface area contributed by atoms with Crippen molar-refractivity contribution in [3.8, 4) is 5.75 Å². The van der Waals surface area contributed by atoms with Crippen molar-refractivity contribution in [1.82, 2.24) is 15.2 Å². The van der Waals surface area contributed by atoms with Gasteiger partial charge in [-0.15, -0.1) is 11.3 Å². The minimum Gasteiger partial charge on any atom is -0.484 e. The first-order chi connectivity index (χ1) is 14.2. The number of urea groups is 1. The van der Waals surface area contributed by atoms with Crippen molar-refractivity contribution in [3.63, 3.8) is 0 Å². The van der Waals surface area contributed by atoms with Crippen LogP contribution in [-0.4, -0.2) is 62.9 Å². The van der Waals surface area contributed by atoms with Gasteiger partial charge >= 0.3 is 12.0 Å². The second-order valence-electron chi connectivity index (χ2n) is 8.78. The number of aromatic carboxylic acids is 1. The Hall–Kier alpha value is -2.39. The van der Waals surface area contributed by atoms with Gasteiger partial charge in [-0.05, 0) is 57.6 Å². The van der Waals surface area contributed by atoms with Crippen LogP contribution in [0.1, 0.15) is 49.9 Å². The molecule has 1 aromatic heterocycles. The Labute approximate surface area is 178 Å². The summed E-state index contributed by atoms with van der Waals surface area (Å²) in [5.41, 5.74) is 1.81. The molecule has 162 valence electrons. The maximum absolute atomic E-state index is 12.5. The molecule has 0 unspecified atom stereocenters. The van der Waals surface area contributed by atoms with Gasteiger partial charge in [-0.25, -0.2) is 14.6 Å². The summed E-state index contributed by atoms with van der Waals surface area (Å²) in [5, 5.41) is 22.5. The van der Waals surface area contributed by atoms with Gasteiger partial charge in [0, 0.05) is 6.04 Å². The van der Waals surface area contributed by atoms with Crippen LogP contribution in [0, 0.1) is 5.92 Å². The summed E-state index contributed by atoms with van der Waals surface area (Å²) >= 11 is 1.37. The van der Waals surface area contributed by atoms with Crippen LogP contribution < -0.4 is 10.1 Å². The molecule has 9 heteroatoms. The molecule has 2 fully saturated rings. The van der Waals surface area contributed by atoms with E-state index in [4.69, 9.17) is 4.74 Å². The largest absolute Gasteiger partial charge is 0.484 e. The highest BCUT2D eigenvalue weighted by atomic mass is 32.1. The molecule has 0 bridgehead atoms. The number of benzene rings is 1. The Kier molecular flexibility index (Phi) is 5.59. The van der Waals surface area contributed by atoms with E-state index in [9.17, 15) is 19.8 Å². The van der Waals surface area contributed by atoms with Crippen LogP contribution in [0.15, 0.2) is 17.6 Å². The smallest absolute Gasteiger partial charge is 0.335 e. The van der Waals surface area contributed by atoms with Gasteiger partial charge < -0.3 is 25.2 Å². The number of carboxylic acids is 1. The molecule has 1 aromatic carbocycles. The lowest BCUT2D eigenvalue weighted by atomic mass is 9.77. The Morgan fingerprint density at radius 2 is 1.93 bits per heavy atom. The normalized spacial score (nSPS) is 22.6. The number of nitrogens with zero attached hydrogens (tertiary/aromatic N) is 2. The van der Waals surface area contributed by atoms with Gasteiger partial charge in [-0.2, -0.15) is 0 Å². The molecule has 2 amide bonds. The first-order valence-electron chi connectivity index (χ1n) is 10.3. The van der Waals surface area contributed by atoms with Gasteiger partial charge in [0.25, 0.3) is 0 Å².